The first-order valence-electron chi connectivity index (χ1n) is 8.50. The second kappa shape index (κ2) is 7.58. The summed E-state index contributed by atoms with van der Waals surface area (Å²) in [4.78, 5) is 15.7. The Bertz CT molecular complexity index is 494. The zero-order chi connectivity index (χ0) is 15.2. The smallest absolute Gasteiger partial charge is 0.285 e. The Labute approximate surface area is 131 Å². The number of carbonyl (C=O) groups is 1. The van der Waals surface area contributed by atoms with Gasteiger partial charge in [-0.05, 0) is 37.8 Å². The maximum atomic E-state index is 12.5. The van der Waals surface area contributed by atoms with Gasteiger partial charge in [0.1, 0.15) is 12.1 Å². The standard InChI is InChI=1S/C17H25N3O2/c21-17(20-13-6-2-1-3-7-13)15-9-4-10-18-16(15)19-12-14-8-5-11-22-14/h4,9-10,13-14H,1-3,5-8,11-12H2,(H,18,19)(H,20,21)/p+1/t14-/m0/s1. The molecule has 0 radical (unpaired) electrons. The van der Waals surface area contributed by atoms with E-state index < -0.39 is 0 Å². The van der Waals surface area contributed by atoms with Crippen LogP contribution in [0.1, 0.15) is 55.3 Å². The predicted molar refractivity (Wildman–Crippen MR) is 84.8 cm³/mol. The highest BCUT2D eigenvalue weighted by molar-refractivity contribution is 5.98. The molecule has 1 aliphatic carbocycles. The Morgan fingerprint density at radius 3 is 2.86 bits per heavy atom. The number of H-pyrrole nitrogens is 1. The summed E-state index contributed by atoms with van der Waals surface area (Å²) in [6, 6.07) is 4.06. The summed E-state index contributed by atoms with van der Waals surface area (Å²) in [5.41, 5.74) is 0.686. The van der Waals surface area contributed by atoms with Crippen molar-refractivity contribution in [2.75, 3.05) is 18.5 Å². The number of hydrogen-bond acceptors (Lipinski definition) is 3. The molecular formula is C17H26N3O2+. The highest BCUT2D eigenvalue weighted by Crippen LogP contribution is 2.19. The molecule has 1 aromatic rings. The van der Waals surface area contributed by atoms with E-state index in [0.717, 1.165) is 44.7 Å². The van der Waals surface area contributed by atoms with Crippen molar-refractivity contribution in [3.05, 3.63) is 23.9 Å². The largest absolute Gasteiger partial charge is 0.374 e. The van der Waals surface area contributed by atoms with Crippen LogP contribution in [0.4, 0.5) is 5.82 Å². The van der Waals surface area contributed by atoms with E-state index in [1.807, 2.05) is 18.3 Å². The number of aromatic nitrogens is 1. The summed E-state index contributed by atoms with van der Waals surface area (Å²) in [6.45, 7) is 1.59. The Hall–Kier alpha value is -1.62. The van der Waals surface area contributed by atoms with Crippen LogP contribution in [-0.2, 0) is 4.74 Å². The Morgan fingerprint density at radius 2 is 2.09 bits per heavy atom. The highest BCUT2D eigenvalue weighted by Gasteiger charge is 2.23. The van der Waals surface area contributed by atoms with Crippen molar-refractivity contribution in [2.45, 2.75) is 57.1 Å². The SMILES string of the molecule is O=C(NC1CCCCC1)c1ccc[nH+]c1NC[C@@H]1CCCO1. The third kappa shape index (κ3) is 3.97. The average Bonchev–Trinajstić information content (AvgIpc) is 3.07. The molecule has 1 saturated carbocycles. The summed E-state index contributed by atoms with van der Waals surface area (Å²) in [6.07, 6.45) is 10.2. The van der Waals surface area contributed by atoms with Gasteiger partial charge in [0.15, 0.2) is 0 Å². The van der Waals surface area contributed by atoms with Crippen molar-refractivity contribution < 1.29 is 14.5 Å². The topological polar surface area (TPSA) is 64.5 Å². The van der Waals surface area contributed by atoms with E-state index in [0.29, 0.717) is 11.6 Å². The summed E-state index contributed by atoms with van der Waals surface area (Å²) in [5.74, 6) is 0.796. The molecule has 1 saturated heterocycles. The lowest BCUT2D eigenvalue weighted by molar-refractivity contribution is -0.361. The van der Waals surface area contributed by atoms with Crippen molar-refractivity contribution >= 4 is 11.7 Å². The molecule has 1 atom stereocenters. The molecule has 3 N–H and O–H groups in total. The van der Waals surface area contributed by atoms with Crippen molar-refractivity contribution in [1.29, 1.82) is 0 Å². The molecule has 0 bridgehead atoms. The minimum Gasteiger partial charge on any atom is -0.374 e. The number of hydrogen-bond donors (Lipinski definition) is 2. The molecule has 3 rings (SSSR count). The molecule has 2 fully saturated rings. The average molecular weight is 304 g/mol. The number of pyridine rings is 1. The molecule has 2 aliphatic rings. The molecule has 1 aromatic heterocycles. The number of ether oxygens (including phenoxy) is 1. The van der Waals surface area contributed by atoms with Crippen molar-refractivity contribution in [3.63, 3.8) is 0 Å². The maximum Gasteiger partial charge on any atom is 0.285 e. The molecule has 1 amide bonds. The number of amides is 1. The highest BCUT2D eigenvalue weighted by atomic mass is 16.5. The van der Waals surface area contributed by atoms with Gasteiger partial charge in [0, 0.05) is 12.6 Å². The van der Waals surface area contributed by atoms with Crippen LogP contribution in [0.2, 0.25) is 0 Å². The fraction of sp³-hybridized carbons (Fsp3) is 0.647. The number of rotatable bonds is 5. The molecule has 2 heterocycles. The van der Waals surface area contributed by atoms with Gasteiger partial charge in [-0.3, -0.25) is 10.1 Å². The number of nitrogens with one attached hydrogen (secondary N) is 3. The van der Waals surface area contributed by atoms with Crippen molar-refractivity contribution in [2.24, 2.45) is 0 Å². The molecule has 22 heavy (non-hydrogen) atoms. The van der Waals surface area contributed by atoms with E-state index in [9.17, 15) is 4.79 Å². The van der Waals surface area contributed by atoms with Gasteiger partial charge in [0.05, 0.1) is 12.3 Å². The first-order valence-corrected chi connectivity index (χ1v) is 8.50. The van der Waals surface area contributed by atoms with Gasteiger partial charge in [0.2, 0.25) is 0 Å². The monoisotopic (exact) mass is 304 g/mol. The third-order valence-corrected chi connectivity index (χ3v) is 4.57. The van der Waals surface area contributed by atoms with Gasteiger partial charge >= 0.3 is 0 Å². The van der Waals surface area contributed by atoms with Crippen LogP contribution in [-0.4, -0.2) is 31.2 Å². The van der Waals surface area contributed by atoms with Gasteiger partial charge < -0.3 is 10.1 Å². The summed E-state index contributed by atoms with van der Waals surface area (Å²) >= 11 is 0. The van der Waals surface area contributed by atoms with E-state index >= 15 is 0 Å². The zero-order valence-corrected chi connectivity index (χ0v) is 13.1. The second-order valence-electron chi connectivity index (χ2n) is 6.28. The molecule has 5 heteroatoms. The van der Waals surface area contributed by atoms with Crippen LogP contribution in [0.3, 0.4) is 0 Å². The van der Waals surface area contributed by atoms with E-state index in [1.165, 1.54) is 19.3 Å². The fourth-order valence-corrected chi connectivity index (χ4v) is 3.30. The Kier molecular flexibility index (Phi) is 5.27. The van der Waals surface area contributed by atoms with E-state index in [1.54, 1.807) is 0 Å². The minimum absolute atomic E-state index is 0.0126. The van der Waals surface area contributed by atoms with Crippen molar-refractivity contribution in [1.82, 2.24) is 5.32 Å². The van der Waals surface area contributed by atoms with Gasteiger partial charge in [-0.25, -0.2) is 4.98 Å². The number of carbonyl (C=O) groups excluding carboxylic acids is 1. The van der Waals surface area contributed by atoms with Gasteiger partial charge in [-0.2, -0.15) is 0 Å². The lowest BCUT2D eigenvalue weighted by Crippen LogP contribution is -2.37. The molecule has 0 aromatic carbocycles. The molecule has 0 unspecified atom stereocenters. The molecular weight excluding hydrogens is 278 g/mol. The summed E-state index contributed by atoms with van der Waals surface area (Å²) in [7, 11) is 0. The lowest BCUT2D eigenvalue weighted by atomic mass is 9.95. The van der Waals surface area contributed by atoms with Crippen molar-refractivity contribution in [3.8, 4) is 0 Å². The zero-order valence-electron chi connectivity index (χ0n) is 13.1. The van der Waals surface area contributed by atoms with Crippen LogP contribution < -0.4 is 15.6 Å². The predicted octanol–water partition coefficient (Wildman–Crippen LogP) is 2.15. The van der Waals surface area contributed by atoms with E-state index in [4.69, 9.17) is 4.74 Å². The molecule has 1 aliphatic heterocycles. The van der Waals surface area contributed by atoms with Crippen LogP contribution in [0.5, 0.6) is 0 Å². The molecule has 5 nitrogen and oxygen atoms in total. The van der Waals surface area contributed by atoms with Gasteiger partial charge in [0.25, 0.3) is 11.7 Å². The van der Waals surface area contributed by atoms with E-state index in [-0.39, 0.29) is 12.0 Å². The first kappa shape index (κ1) is 15.3. The normalized spacial score (nSPS) is 22.5. The number of aromatic amines is 1. The van der Waals surface area contributed by atoms with Crippen LogP contribution in [0, 0.1) is 0 Å². The van der Waals surface area contributed by atoms with E-state index in [2.05, 4.69) is 15.6 Å². The Morgan fingerprint density at radius 1 is 1.23 bits per heavy atom. The fourth-order valence-electron chi connectivity index (χ4n) is 3.30. The summed E-state index contributed by atoms with van der Waals surface area (Å²) < 4.78 is 5.62. The second-order valence-corrected chi connectivity index (χ2v) is 6.28. The van der Waals surface area contributed by atoms with Gasteiger partial charge in [-0.1, -0.05) is 19.3 Å². The van der Waals surface area contributed by atoms with Crippen LogP contribution in [0.15, 0.2) is 18.3 Å². The van der Waals surface area contributed by atoms with Crippen LogP contribution >= 0.6 is 0 Å². The molecule has 120 valence electrons. The maximum absolute atomic E-state index is 12.5. The Balaban J connectivity index is 1.60. The molecule has 0 spiro atoms. The number of anilines is 1. The third-order valence-electron chi connectivity index (χ3n) is 4.57. The quantitative estimate of drug-likeness (QED) is 0.876. The first-order chi connectivity index (χ1) is 10.8. The van der Waals surface area contributed by atoms with Gasteiger partial charge in [-0.15, -0.1) is 0 Å². The lowest BCUT2D eigenvalue weighted by Gasteiger charge is -2.22. The minimum atomic E-state index is 0.0126. The van der Waals surface area contributed by atoms with Crippen LogP contribution in [0.25, 0.3) is 0 Å². The summed E-state index contributed by atoms with van der Waals surface area (Å²) in [5, 5.41) is 6.51.